The Bertz CT molecular complexity index is 1080. The number of carbonyl (C=O) groups excluding carboxylic acids is 3. The monoisotopic (exact) mass is 425 g/mol. The van der Waals surface area contributed by atoms with E-state index in [1.807, 2.05) is 12.1 Å². The molecule has 9 heteroatoms. The van der Waals surface area contributed by atoms with Gasteiger partial charge in [-0.05, 0) is 47.2 Å². The lowest BCUT2D eigenvalue weighted by Gasteiger charge is -2.21. The van der Waals surface area contributed by atoms with Crippen LogP contribution in [0, 0.1) is 5.82 Å². The minimum Gasteiger partial charge on any atom is -0.497 e. The van der Waals surface area contributed by atoms with E-state index < -0.39 is 23.1 Å². The van der Waals surface area contributed by atoms with Gasteiger partial charge in [0.2, 0.25) is 0 Å². The summed E-state index contributed by atoms with van der Waals surface area (Å²) in [5.41, 5.74) is 2.13. The van der Waals surface area contributed by atoms with Crippen LogP contribution in [0.4, 0.5) is 9.18 Å². The number of hydrazone groups is 1. The van der Waals surface area contributed by atoms with Gasteiger partial charge in [0.05, 0.1) is 23.8 Å². The third-order valence-electron chi connectivity index (χ3n) is 4.71. The molecule has 1 N–H and O–H groups in total. The van der Waals surface area contributed by atoms with Crippen molar-refractivity contribution in [1.29, 1.82) is 0 Å². The van der Waals surface area contributed by atoms with Gasteiger partial charge in [-0.25, -0.2) is 9.40 Å². The van der Waals surface area contributed by atoms with E-state index in [-0.39, 0.29) is 10.7 Å². The van der Waals surface area contributed by atoms with Gasteiger partial charge in [-0.3, -0.25) is 19.7 Å². The summed E-state index contributed by atoms with van der Waals surface area (Å²) < 4.78 is 18.5. The number of halogens is 1. The van der Waals surface area contributed by atoms with Gasteiger partial charge >= 0.3 is 0 Å². The first-order valence-electron chi connectivity index (χ1n) is 9.00. The van der Waals surface area contributed by atoms with Crippen molar-refractivity contribution in [3.63, 3.8) is 0 Å². The van der Waals surface area contributed by atoms with Crippen molar-refractivity contribution in [1.82, 2.24) is 10.3 Å². The molecule has 2 aromatic rings. The van der Waals surface area contributed by atoms with Gasteiger partial charge in [0.15, 0.2) is 0 Å². The summed E-state index contributed by atoms with van der Waals surface area (Å²) in [5, 5.41) is 7.33. The van der Waals surface area contributed by atoms with Gasteiger partial charge < -0.3 is 4.74 Å². The van der Waals surface area contributed by atoms with Crippen molar-refractivity contribution in [3.8, 4) is 5.75 Å². The lowest BCUT2D eigenvalue weighted by molar-refractivity contribution is -0.128. The fraction of sp³-hybridized carbons (Fsp3) is 0.143. The van der Waals surface area contributed by atoms with Gasteiger partial charge in [0, 0.05) is 12.5 Å². The largest absolute Gasteiger partial charge is 0.497 e. The Labute approximate surface area is 175 Å². The summed E-state index contributed by atoms with van der Waals surface area (Å²) in [4.78, 5) is 36.1. The highest BCUT2D eigenvalue weighted by Crippen LogP contribution is 2.34. The van der Waals surface area contributed by atoms with E-state index in [0.717, 1.165) is 11.6 Å². The molecule has 3 amide bonds. The molecular formula is C21H16FN3O4S. The number of nitrogens with one attached hydrogen (secondary N) is 1. The Hall–Kier alpha value is -3.46. The second-order valence-corrected chi connectivity index (χ2v) is 7.60. The number of benzene rings is 2. The van der Waals surface area contributed by atoms with Crippen LogP contribution in [-0.2, 0) is 9.59 Å². The molecule has 1 unspecified atom stereocenters. The number of ether oxygens (including phenoxy) is 1. The first kappa shape index (κ1) is 19.8. The van der Waals surface area contributed by atoms with Crippen LogP contribution in [-0.4, -0.2) is 34.9 Å². The lowest BCUT2D eigenvalue weighted by Crippen LogP contribution is -2.26. The molecule has 0 bridgehead atoms. The Kier molecular flexibility index (Phi) is 5.37. The first-order valence-corrected chi connectivity index (χ1v) is 9.81. The van der Waals surface area contributed by atoms with Crippen LogP contribution in [0.5, 0.6) is 5.75 Å². The van der Waals surface area contributed by atoms with Crippen molar-refractivity contribution >= 4 is 34.5 Å². The summed E-state index contributed by atoms with van der Waals surface area (Å²) in [5.74, 6) is -0.828. The average molecular weight is 425 g/mol. The predicted octanol–water partition coefficient (Wildman–Crippen LogP) is 3.38. The Morgan fingerprint density at radius 1 is 1.20 bits per heavy atom. The van der Waals surface area contributed by atoms with Gasteiger partial charge in [0.25, 0.3) is 17.1 Å². The molecule has 4 rings (SSSR count). The van der Waals surface area contributed by atoms with Crippen LogP contribution < -0.4 is 10.1 Å². The maximum Gasteiger partial charge on any atom is 0.290 e. The van der Waals surface area contributed by atoms with Crippen LogP contribution in [0.2, 0.25) is 0 Å². The number of nitrogens with zero attached hydrogens (tertiary/aromatic N) is 2. The van der Waals surface area contributed by atoms with Crippen molar-refractivity contribution in [3.05, 3.63) is 76.5 Å². The Morgan fingerprint density at radius 2 is 1.90 bits per heavy atom. The van der Waals surface area contributed by atoms with Crippen LogP contribution in [0.3, 0.4) is 0 Å². The third-order valence-corrected chi connectivity index (χ3v) is 5.52. The van der Waals surface area contributed by atoms with Gasteiger partial charge in [-0.1, -0.05) is 24.3 Å². The molecule has 2 aromatic carbocycles. The number of rotatable bonds is 4. The predicted molar refractivity (Wildman–Crippen MR) is 109 cm³/mol. The molecule has 1 fully saturated rings. The molecule has 1 atom stereocenters. The van der Waals surface area contributed by atoms with E-state index in [1.165, 1.54) is 17.1 Å². The van der Waals surface area contributed by atoms with E-state index in [2.05, 4.69) is 10.4 Å². The molecule has 2 aliphatic heterocycles. The number of hydrogen-bond donors (Lipinski definition) is 1. The maximum atomic E-state index is 13.3. The number of imide groups is 1. The fourth-order valence-electron chi connectivity index (χ4n) is 3.22. The third kappa shape index (κ3) is 3.97. The number of amides is 3. The number of hydrogen-bond acceptors (Lipinski definition) is 6. The van der Waals surface area contributed by atoms with Gasteiger partial charge in [-0.15, -0.1) is 0 Å². The van der Waals surface area contributed by atoms with Crippen LogP contribution in [0.1, 0.15) is 23.6 Å². The van der Waals surface area contributed by atoms with E-state index >= 15 is 0 Å². The molecule has 0 radical (unpaired) electrons. The Morgan fingerprint density at radius 3 is 2.50 bits per heavy atom. The number of carbonyl (C=O) groups is 3. The molecule has 2 heterocycles. The second-order valence-electron chi connectivity index (χ2n) is 6.58. The zero-order chi connectivity index (χ0) is 21.3. The molecule has 0 spiro atoms. The molecule has 0 saturated carbocycles. The van der Waals surface area contributed by atoms with Crippen LogP contribution in [0.15, 0.2) is 64.6 Å². The summed E-state index contributed by atoms with van der Waals surface area (Å²) in [6.07, 6.45) is 1.52. The van der Waals surface area contributed by atoms with Gasteiger partial charge in [-0.2, -0.15) is 5.10 Å². The molecule has 152 valence electrons. The van der Waals surface area contributed by atoms with E-state index in [9.17, 15) is 18.8 Å². The summed E-state index contributed by atoms with van der Waals surface area (Å²) in [7, 11) is 1.56. The molecule has 1 saturated heterocycles. The SMILES string of the molecule is COc1ccc(C2CC(c3ccc(F)cc3)=NN2C(=O)/C=C2\SC(=O)NC2=O)cc1. The van der Waals surface area contributed by atoms with Gasteiger partial charge in [0.1, 0.15) is 11.6 Å². The van der Waals surface area contributed by atoms with E-state index in [1.54, 1.807) is 31.4 Å². The molecule has 2 aliphatic rings. The standard InChI is InChI=1S/C21H16FN3O4S/c1-29-15-8-4-13(5-9-15)17-10-16(12-2-6-14(22)7-3-12)24-25(17)19(26)11-18-20(27)23-21(28)30-18/h2-9,11,17H,10H2,1H3,(H,23,27,28)/b18-11-. The quantitative estimate of drug-likeness (QED) is 0.759. The van der Waals surface area contributed by atoms with Crippen LogP contribution in [0.25, 0.3) is 0 Å². The smallest absolute Gasteiger partial charge is 0.290 e. The minimum absolute atomic E-state index is 0.0175. The Balaban J connectivity index is 1.68. The van der Waals surface area contributed by atoms with Crippen molar-refractivity contribution in [2.75, 3.05) is 7.11 Å². The highest BCUT2D eigenvalue weighted by Gasteiger charge is 2.34. The summed E-state index contributed by atoms with van der Waals surface area (Å²) in [6, 6.07) is 12.7. The fourth-order valence-corrected chi connectivity index (χ4v) is 3.86. The molecular weight excluding hydrogens is 409 g/mol. The zero-order valence-corrected chi connectivity index (χ0v) is 16.6. The van der Waals surface area contributed by atoms with Crippen molar-refractivity contribution < 1.29 is 23.5 Å². The summed E-state index contributed by atoms with van der Waals surface area (Å²) >= 11 is 0.669. The highest BCUT2D eigenvalue weighted by atomic mass is 32.2. The highest BCUT2D eigenvalue weighted by molar-refractivity contribution is 8.18. The molecule has 0 aliphatic carbocycles. The average Bonchev–Trinajstić information content (AvgIpc) is 3.32. The maximum absolute atomic E-state index is 13.3. The molecule has 30 heavy (non-hydrogen) atoms. The topological polar surface area (TPSA) is 88.1 Å². The molecule has 7 nitrogen and oxygen atoms in total. The van der Waals surface area contributed by atoms with Crippen LogP contribution >= 0.6 is 11.8 Å². The summed E-state index contributed by atoms with van der Waals surface area (Å²) in [6.45, 7) is 0. The molecule has 0 aromatic heterocycles. The van der Waals surface area contributed by atoms with Crippen molar-refractivity contribution in [2.24, 2.45) is 5.10 Å². The van der Waals surface area contributed by atoms with Crippen molar-refractivity contribution in [2.45, 2.75) is 12.5 Å². The normalized spacial score (nSPS) is 19.8. The number of methoxy groups -OCH3 is 1. The van der Waals surface area contributed by atoms with E-state index in [4.69, 9.17) is 4.74 Å². The number of thioether (sulfide) groups is 1. The lowest BCUT2D eigenvalue weighted by atomic mass is 9.98. The second kappa shape index (κ2) is 8.11. The van der Waals surface area contributed by atoms with E-state index in [0.29, 0.717) is 35.2 Å². The zero-order valence-electron chi connectivity index (χ0n) is 15.8. The minimum atomic E-state index is -0.610. The first-order chi connectivity index (χ1) is 14.4.